The quantitative estimate of drug-likeness (QED) is 0.0397. The molecule has 21 nitrogen and oxygen atoms in total. The SMILES string of the molecule is CC(C)C[C@H](NC(=O)[C@H](CCCCN)NC(=O)[C@H](CO)NC(=O)N1CCOCC1)C(=O)N[C@@H](CCC(N)=O)C(=O)NCCC(=O)OC1CC2=C(OC1(C)C)c1ccccc1C(=O)C2=O. The first-order valence-electron chi connectivity index (χ1n) is 21.6. The zero-order valence-corrected chi connectivity index (χ0v) is 36.8. The number of urea groups is 1. The third-order valence-electron chi connectivity index (χ3n) is 10.9. The number of ketones is 2. The van der Waals surface area contributed by atoms with Crippen molar-refractivity contribution in [1.82, 2.24) is 31.5 Å². The maximum absolute atomic E-state index is 13.8. The van der Waals surface area contributed by atoms with Gasteiger partial charge < -0.3 is 62.3 Å². The Morgan fingerprint density at radius 1 is 0.828 bits per heavy atom. The van der Waals surface area contributed by atoms with Crippen LogP contribution in [0.2, 0.25) is 0 Å². The molecule has 2 heterocycles. The first-order valence-corrected chi connectivity index (χ1v) is 21.6. The van der Waals surface area contributed by atoms with Crippen molar-refractivity contribution in [2.75, 3.05) is 46.0 Å². The number of hydrogen-bond acceptors (Lipinski definition) is 14. The van der Waals surface area contributed by atoms with E-state index in [2.05, 4.69) is 26.6 Å². The minimum Gasteiger partial charge on any atom is -0.483 e. The third-order valence-corrected chi connectivity index (χ3v) is 10.9. The molecule has 1 unspecified atom stereocenters. The van der Waals surface area contributed by atoms with Gasteiger partial charge in [0.15, 0.2) is 0 Å². The average Bonchev–Trinajstić information content (AvgIpc) is 3.25. The van der Waals surface area contributed by atoms with E-state index < -0.39 is 95.6 Å². The summed E-state index contributed by atoms with van der Waals surface area (Å²) in [6.45, 7) is 7.45. The highest BCUT2D eigenvalue weighted by Crippen LogP contribution is 2.42. The van der Waals surface area contributed by atoms with Crippen LogP contribution in [0.3, 0.4) is 0 Å². The summed E-state index contributed by atoms with van der Waals surface area (Å²) in [5.41, 5.74) is 10.7. The Morgan fingerprint density at radius 2 is 1.44 bits per heavy atom. The largest absolute Gasteiger partial charge is 0.483 e. The number of carbonyl (C=O) groups excluding carboxylic acids is 9. The predicted octanol–water partition coefficient (Wildman–Crippen LogP) is -0.922. The summed E-state index contributed by atoms with van der Waals surface area (Å²) < 4.78 is 17.1. The van der Waals surface area contributed by atoms with Crippen molar-refractivity contribution in [2.24, 2.45) is 17.4 Å². The first-order chi connectivity index (χ1) is 30.4. The Labute approximate surface area is 371 Å². The van der Waals surface area contributed by atoms with E-state index in [1.165, 1.54) is 4.90 Å². The van der Waals surface area contributed by atoms with Crippen LogP contribution in [-0.2, 0) is 47.8 Å². The molecule has 0 saturated carbocycles. The van der Waals surface area contributed by atoms with Gasteiger partial charge in [-0.3, -0.25) is 38.4 Å². The number of benzene rings is 1. The van der Waals surface area contributed by atoms with Crippen LogP contribution in [0.5, 0.6) is 0 Å². The summed E-state index contributed by atoms with van der Waals surface area (Å²) in [7, 11) is 0. The van der Waals surface area contributed by atoms with E-state index in [0.29, 0.717) is 38.2 Å². The number of unbranched alkanes of at least 4 members (excludes halogenated alkanes) is 1. The fourth-order valence-electron chi connectivity index (χ4n) is 7.32. The minimum absolute atomic E-state index is 0.0772. The summed E-state index contributed by atoms with van der Waals surface area (Å²) in [5, 5.41) is 22.8. The van der Waals surface area contributed by atoms with Crippen LogP contribution < -0.4 is 38.1 Å². The normalized spacial score (nSPS) is 18.5. The predicted molar refractivity (Wildman–Crippen MR) is 228 cm³/mol. The van der Waals surface area contributed by atoms with E-state index >= 15 is 0 Å². The summed E-state index contributed by atoms with van der Waals surface area (Å²) in [5.74, 6) is -5.97. The van der Waals surface area contributed by atoms with E-state index in [1.807, 2.05) is 0 Å². The van der Waals surface area contributed by atoms with Crippen molar-refractivity contribution in [1.29, 1.82) is 0 Å². The summed E-state index contributed by atoms with van der Waals surface area (Å²) in [6, 6.07) is 0.819. The van der Waals surface area contributed by atoms with Gasteiger partial charge in [0.25, 0.3) is 0 Å². The van der Waals surface area contributed by atoms with Gasteiger partial charge in [0, 0.05) is 43.6 Å². The number of fused-ring (bicyclic) bond motifs is 2. The number of carbonyl (C=O) groups is 9. The molecule has 1 aliphatic carbocycles. The van der Waals surface area contributed by atoms with Crippen molar-refractivity contribution in [2.45, 2.75) is 115 Å². The Bertz CT molecular complexity index is 1950. The van der Waals surface area contributed by atoms with Crippen molar-refractivity contribution < 1.29 is 62.5 Å². The number of amides is 7. The lowest BCUT2D eigenvalue weighted by molar-refractivity contribution is -0.163. The fourth-order valence-corrected chi connectivity index (χ4v) is 7.32. The molecule has 21 heteroatoms. The monoisotopic (exact) mass is 898 g/mol. The Balaban J connectivity index is 1.38. The van der Waals surface area contributed by atoms with Crippen molar-refractivity contribution in [3.05, 3.63) is 41.0 Å². The maximum Gasteiger partial charge on any atom is 0.318 e. The molecule has 1 aromatic rings. The average molecular weight is 899 g/mol. The van der Waals surface area contributed by atoms with Crippen LogP contribution in [-0.4, -0.2) is 145 Å². The zero-order valence-electron chi connectivity index (χ0n) is 36.8. The number of hydrogen-bond donors (Lipinski definition) is 8. The Kier molecular flexibility index (Phi) is 18.8. The third kappa shape index (κ3) is 14.0. The molecule has 4 rings (SSSR count). The second-order valence-electron chi connectivity index (χ2n) is 16.8. The minimum atomic E-state index is -1.40. The van der Waals surface area contributed by atoms with Gasteiger partial charge >= 0.3 is 12.0 Å². The van der Waals surface area contributed by atoms with Crippen LogP contribution >= 0.6 is 0 Å². The topological polar surface area (TPSA) is 317 Å². The number of esters is 1. The van der Waals surface area contributed by atoms with Crippen LogP contribution in [0.1, 0.15) is 95.0 Å². The highest BCUT2D eigenvalue weighted by Gasteiger charge is 2.47. The standard InChI is InChI=1S/C43H62N8O13/c1-24(2)21-30(49-39(58)28(11-7-8-15-44)47-41(60)31(23-52)50-42(61)51-17-19-62-20-18-51)40(59)48-29(12-13-33(45)53)38(57)46-16-14-34(54)63-32-22-27-36(56)35(55)25-9-5-6-10-26(25)37(27)64-43(32,3)4/h5-6,9-10,24,28-32,52H,7-8,11-23,44H2,1-4H3,(H2,45,53)(H,46,57)(H,47,60)(H,48,59)(H,49,58)(H,50,61)/t28-,29-,30-,31-,32?/m0/s1. The molecule has 0 aromatic heterocycles. The number of Topliss-reactive ketones (excluding diaryl/α,β-unsaturated/α-hetero) is 2. The van der Waals surface area contributed by atoms with E-state index in [1.54, 1.807) is 52.0 Å². The van der Waals surface area contributed by atoms with E-state index in [4.69, 9.17) is 25.7 Å². The molecule has 2 aliphatic heterocycles. The van der Waals surface area contributed by atoms with Gasteiger partial charge in [-0.15, -0.1) is 0 Å². The molecule has 1 fully saturated rings. The van der Waals surface area contributed by atoms with Gasteiger partial charge in [0.05, 0.1) is 31.8 Å². The number of nitrogens with one attached hydrogen (secondary N) is 5. The van der Waals surface area contributed by atoms with Crippen LogP contribution in [0, 0.1) is 5.92 Å². The summed E-state index contributed by atoms with van der Waals surface area (Å²) >= 11 is 0. The number of rotatable bonds is 22. The second kappa shape index (κ2) is 23.7. The highest BCUT2D eigenvalue weighted by molar-refractivity contribution is 6.52. The molecule has 0 spiro atoms. The number of morpholine rings is 1. The van der Waals surface area contributed by atoms with Crippen molar-refractivity contribution >= 4 is 58.9 Å². The first kappa shape index (κ1) is 50.7. The van der Waals surface area contributed by atoms with Crippen molar-refractivity contribution in [3.63, 3.8) is 0 Å². The lowest BCUT2D eigenvalue weighted by Crippen LogP contribution is -2.59. The molecule has 352 valence electrons. The summed E-state index contributed by atoms with van der Waals surface area (Å²) in [6.07, 6.45) is -0.795. The van der Waals surface area contributed by atoms with Gasteiger partial charge in [0.2, 0.25) is 41.1 Å². The molecule has 10 N–H and O–H groups in total. The molecule has 1 saturated heterocycles. The highest BCUT2D eigenvalue weighted by atomic mass is 16.6. The maximum atomic E-state index is 13.8. The number of nitrogens with two attached hydrogens (primary N) is 2. The van der Waals surface area contributed by atoms with Gasteiger partial charge in [-0.1, -0.05) is 38.1 Å². The molecule has 64 heavy (non-hydrogen) atoms. The molecule has 0 radical (unpaired) electrons. The molecule has 5 atom stereocenters. The van der Waals surface area contributed by atoms with Gasteiger partial charge in [0.1, 0.15) is 41.6 Å². The zero-order chi connectivity index (χ0) is 47.1. The Morgan fingerprint density at radius 3 is 2.06 bits per heavy atom. The van der Waals surface area contributed by atoms with Crippen LogP contribution in [0.4, 0.5) is 4.79 Å². The lowest BCUT2D eigenvalue weighted by atomic mass is 9.81. The molecular formula is C43H62N8O13. The van der Waals surface area contributed by atoms with Crippen LogP contribution in [0.25, 0.3) is 5.76 Å². The Hall–Kier alpha value is -5.93. The van der Waals surface area contributed by atoms with E-state index in [-0.39, 0.29) is 81.0 Å². The number of primary amides is 1. The number of aliphatic hydroxyl groups excluding tert-OH is 1. The number of nitrogens with zero attached hydrogens (tertiary/aromatic N) is 1. The summed E-state index contributed by atoms with van der Waals surface area (Å²) in [4.78, 5) is 119. The van der Waals surface area contributed by atoms with Gasteiger partial charge in [-0.05, 0) is 58.4 Å². The van der Waals surface area contributed by atoms with Gasteiger partial charge in [-0.25, -0.2) is 4.79 Å². The fraction of sp³-hybridized carbons (Fsp3) is 0.605. The molecule has 0 bridgehead atoms. The van der Waals surface area contributed by atoms with Gasteiger partial charge in [-0.2, -0.15) is 0 Å². The molecular weight excluding hydrogens is 837 g/mol. The van der Waals surface area contributed by atoms with Crippen LogP contribution in [0.15, 0.2) is 29.8 Å². The lowest BCUT2D eigenvalue weighted by Gasteiger charge is -2.41. The smallest absolute Gasteiger partial charge is 0.318 e. The molecule has 7 amide bonds. The van der Waals surface area contributed by atoms with E-state index in [0.717, 1.165) is 0 Å². The molecule has 1 aromatic carbocycles. The molecule has 3 aliphatic rings. The number of ether oxygens (including phenoxy) is 3. The van der Waals surface area contributed by atoms with E-state index in [9.17, 15) is 48.3 Å². The number of aliphatic hydroxyl groups is 1. The van der Waals surface area contributed by atoms with Crippen molar-refractivity contribution in [3.8, 4) is 0 Å². The second-order valence-corrected chi connectivity index (χ2v) is 16.8.